The Morgan fingerprint density at radius 1 is 0.840 bits per heavy atom. The van der Waals surface area contributed by atoms with Gasteiger partial charge in [-0.3, -0.25) is 18.9 Å². The average Bonchev–Trinajstić information content (AvgIpc) is 3.12. The number of hydrogen-bond donors (Lipinski definition) is 3. The zero-order chi connectivity index (χ0) is 35.4. The predicted octanol–water partition coefficient (Wildman–Crippen LogP) is 6.84. The highest BCUT2D eigenvalue weighted by molar-refractivity contribution is 7.53. The van der Waals surface area contributed by atoms with Crippen LogP contribution < -0.4 is 10.2 Å². The summed E-state index contributed by atoms with van der Waals surface area (Å²) in [6.45, 7) is 1.44. The van der Waals surface area contributed by atoms with Crippen LogP contribution >= 0.6 is 7.60 Å². The van der Waals surface area contributed by atoms with Crippen LogP contribution in [-0.4, -0.2) is 66.0 Å². The fraction of sp³-hybridized carbons (Fsp3) is 0.225. The van der Waals surface area contributed by atoms with Gasteiger partial charge in [-0.25, -0.2) is 0 Å². The first kappa shape index (κ1) is 34.8. The summed E-state index contributed by atoms with van der Waals surface area (Å²) in [5, 5.41) is 5.67. The van der Waals surface area contributed by atoms with E-state index in [4.69, 9.17) is 0 Å². The number of carbonyl (C=O) groups is 3. The van der Waals surface area contributed by atoms with Crippen molar-refractivity contribution >= 4 is 58.5 Å². The van der Waals surface area contributed by atoms with Gasteiger partial charge in [0.25, 0.3) is 5.91 Å². The number of anilines is 1. The quantitative estimate of drug-likeness (QED) is 0.0833. The number of piperidine rings is 1. The molecule has 0 bridgehead atoms. The van der Waals surface area contributed by atoms with E-state index in [0.29, 0.717) is 43.2 Å². The van der Waals surface area contributed by atoms with Crippen LogP contribution in [-0.2, 0) is 9.36 Å². The van der Waals surface area contributed by atoms with E-state index in [1.54, 1.807) is 59.5 Å². The monoisotopic (exact) mass is 689 g/mol. The topological polar surface area (TPSA) is 127 Å². The first-order valence-corrected chi connectivity index (χ1v) is 18.3. The Balaban J connectivity index is 1.17. The molecule has 1 saturated heterocycles. The second-order valence-electron chi connectivity index (χ2n) is 13.0. The van der Waals surface area contributed by atoms with Crippen molar-refractivity contribution in [2.45, 2.75) is 18.5 Å². The SMILES string of the molecule is CN(C)c1ccc(C=CC(=O)N2CCC(CNC(=O)c3cc4ccccc4cc3C(=O)C(c3cccc4ccccc34)P(=O)(O)O)CC2)cc1. The minimum Gasteiger partial charge on any atom is -0.378 e. The Morgan fingerprint density at radius 3 is 2.08 bits per heavy atom. The number of likely N-dealkylation sites (tertiary alicyclic amines) is 1. The summed E-state index contributed by atoms with van der Waals surface area (Å²) < 4.78 is 13.0. The van der Waals surface area contributed by atoms with Crippen LogP contribution in [0, 0.1) is 5.92 Å². The molecule has 9 nitrogen and oxygen atoms in total. The summed E-state index contributed by atoms with van der Waals surface area (Å²) in [4.78, 5) is 65.9. The highest BCUT2D eigenvalue weighted by atomic mass is 31.2. The summed E-state index contributed by atoms with van der Waals surface area (Å²) in [5.41, 5.74) is 0.443. The third-order valence-electron chi connectivity index (χ3n) is 9.40. The third kappa shape index (κ3) is 7.71. The van der Waals surface area contributed by atoms with Crippen LogP contribution in [0.4, 0.5) is 5.69 Å². The lowest BCUT2D eigenvalue weighted by molar-refractivity contribution is -0.127. The fourth-order valence-corrected chi connectivity index (χ4v) is 7.62. The van der Waals surface area contributed by atoms with Crippen molar-refractivity contribution in [1.29, 1.82) is 0 Å². The molecular formula is C40H40N3O6P. The van der Waals surface area contributed by atoms with E-state index >= 15 is 0 Å². The number of ketones is 1. The van der Waals surface area contributed by atoms with E-state index in [9.17, 15) is 28.7 Å². The van der Waals surface area contributed by atoms with Crippen LogP contribution in [0.3, 0.4) is 0 Å². The molecule has 6 rings (SSSR count). The number of carbonyl (C=O) groups excluding carboxylic acids is 3. The summed E-state index contributed by atoms with van der Waals surface area (Å²) in [7, 11) is -1.08. The van der Waals surface area contributed by atoms with Gasteiger partial charge in [0.15, 0.2) is 5.78 Å². The number of nitrogens with zero attached hydrogens (tertiary/aromatic N) is 2. The maximum Gasteiger partial charge on any atom is 0.340 e. The summed E-state index contributed by atoms with van der Waals surface area (Å²) in [5.74, 6) is -1.26. The van der Waals surface area contributed by atoms with E-state index in [1.807, 2.05) is 79.7 Å². The van der Waals surface area contributed by atoms with Crippen molar-refractivity contribution in [3.05, 3.63) is 131 Å². The van der Waals surface area contributed by atoms with Crippen molar-refractivity contribution in [2.24, 2.45) is 5.92 Å². The van der Waals surface area contributed by atoms with Crippen LogP contribution in [0.5, 0.6) is 0 Å². The summed E-state index contributed by atoms with van der Waals surface area (Å²) in [6, 6.07) is 30.5. The van der Waals surface area contributed by atoms with Gasteiger partial charge in [-0.05, 0) is 81.8 Å². The second-order valence-corrected chi connectivity index (χ2v) is 14.7. The number of benzene rings is 5. The molecule has 1 aliphatic rings. The first-order valence-electron chi connectivity index (χ1n) is 16.6. The Bertz CT molecular complexity index is 2130. The molecule has 1 unspecified atom stereocenters. The first-order chi connectivity index (χ1) is 24.0. The van der Waals surface area contributed by atoms with Crippen LogP contribution in [0.25, 0.3) is 27.6 Å². The van der Waals surface area contributed by atoms with E-state index in [1.165, 1.54) is 0 Å². The van der Waals surface area contributed by atoms with Gasteiger partial charge in [0.1, 0.15) is 5.66 Å². The van der Waals surface area contributed by atoms with Crippen molar-refractivity contribution in [2.75, 3.05) is 38.6 Å². The minimum absolute atomic E-state index is 0.0500. The predicted molar refractivity (Wildman–Crippen MR) is 198 cm³/mol. The number of Topliss-reactive ketones (excluding diaryl/α,β-unsaturated/α-hetero) is 1. The lowest BCUT2D eigenvalue weighted by atomic mass is 9.92. The Labute approximate surface area is 291 Å². The minimum atomic E-state index is -5.03. The fourth-order valence-electron chi connectivity index (χ4n) is 6.59. The molecule has 1 heterocycles. The van der Waals surface area contributed by atoms with Crippen molar-refractivity contribution < 1.29 is 28.7 Å². The van der Waals surface area contributed by atoms with E-state index in [0.717, 1.165) is 22.0 Å². The van der Waals surface area contributed by atoms with Gasteiger partial charge in [0.05, 0.1) is 5.56 Å². The number of amides is 2. The lowest BCUT2D eigenvalue weighted by Crippen LogP contribution is -2.41. The molecule has 256 valence electrons. The number of hydrogen-bond acceptors (Lipinski definition) is 5. The molecule has 1 aliphatic heterocycles. The maximum atomic E-state index is 14.3. The van der Waals surface area contributed by atoms with Gasteiger partial charge < -0.3 is 24.9 Å². The van der Waals surface area contributed by atoms with Crippen LogP contribution in [0.2, 0.25) is 0 Å². The molecule has 50 heavy (non-hydrogen) atoms. The van der Waals surface area contributed by atoms with E-state index < -0.39 is 24.9 Å². The Morgan fingerprint density at radius 2 is 1.44 bits per heavy atom. The Hall–Kier alpha value is -5.08. The Kier molecular flexibility index (Phi) is 10.3. The lowest BCUT2D eigenvalue weighted by Gasteiger charge is -2.31. The second kappa shape index (κ2) is 14.8. The number of nitrogens with one attached hydrogen (secondary N) is 1. The van der Waals surface area contributed by atoms with E-state index in [-0.39, 0.29) is 28.5 Å². The van der Waals surface area contributed by atoms with Crippen LogP contribution in [0.15, 0.2) is 109 Å². The number of fused-ring (bicyclic) bond motifs is 2. The zero-order valence-corrected chi connectivity index (χ0v) is 28.9. The van der Waals surface area contributed by atoms with Gasteiger partial charge >= 0.3 is 7.60 Å². The molecule has 0 aliphatic carbocycles. The highest BCUT2D eigenvalue weighted by Crippen LogP contribution is 2.55. The zero-order valence-electron chi connectivity index (χ0n) is 28.0. The van der Waals surface area contributed by atoms with Gasteiger partial charge in [-0.15, -0.1) is 0 Å². The maximum absolute atomic E-state index is 14.3. The molecule has 0 saturated carbocycles. The van der Waals surface area contributed by atoms with Gasteiger partial charge in [0.2, 0.25) is 5.91 Å². The van der Waals surface area contributed by atoms with Crippen molar-refractivity contribution in [3.8, 4) is 0 Å². The molecule has 3 N–H and O–H groups in total. The van der Waals surface area contributed by atoms with Crippen molar-refractivity contribution in [1.82, 2.24) is 10.2 Å². The average molecular weight is 690 g/mol. The highest BCUT2D eigenvalue weighted by Gasteiger charge is 2.40. The van der Waals surface area contributed by atoms with Gasteiger partial charge in [0, 0.05) is 51.1 Å². The third-order valence-corrected chi connectivity index (χ3v) is 10.6. The molecule has 1 fully saturated rings. The normalized spacial score (nSPS) is 14.6. The molecule has 0 radical (unpaired) electrons. The molecular weight excluding hydrogens is 649 g/mol. The smallest absolute Gasteiger partial charge is 0.340 e. The molecule has 5 aromatic carbocycles. The van der Waals surface area contributed by atoms with Crippen LogP contribution in [0.1, 0.15) is 50.3 Å². The number of rotatable bonds is 10. The molecule has 0 spiro atoms. The molecule has 1 atom stereocenters. The van der Waals surface area contributed by atoms with Crippen molar-refractivity contribution in [3.63, 3.8) is 0 Å². The van der Waals surface area contributed by atoms with Gasteiger partial charge in [-0.1, -0.05) is 78.9 Å². The molecule has 10 heteroatoms. The molecule has 0 aromatic heterocycles. The van der Waals surface area contributed by atoms with E-state index in [2.05, 4.69) is 5.32 Å². The summed E-state index contributed by atoms with van der Waals surface area (Å²) >= 11 is 0. The molecule has 2 amide bonds. The standard InChI is InChI=1S/C40H40N3O6P/c1-42(2)32-17-14-27(15-18-32)16-19-37(44)43-22-20-28(21-23-43)26-41-40(46)36-25-31-10-4-3-9-30(31)24-35(36)38(45)39(50(47,48)49)34-13-7-11-29-8-5-6-12-33(29)34/h3-19,24-25,28,39H,20-23,26H2,1-2H3,(H,41,46)(H2,47,48,49). The molecule has 5 aromatic rings. The largest absolute Gasteiger partial charge is 0.378 e. The van der Waals surface area contributed by atoms with Gasteiger partial charge in [-0.2, -0.15) is 0 Å². The summed E-state index contributed by atoms with van der Waals surface area (Å²) in [6.07, 6.45) is 4.80.